The SMILES string of the molecule is C[C@H](O)CN1CCNCCN(C[C@H](C)O)CC1. The minimum absolute atomic E-state index is 0.277. The first-order chi connectivity index (χ1) is 8.08. The number of aliphatic hydroxyl groups is 2. The molecule has 5 nitrogen and oxygen atoms in total. The molecule has 17 heavy (non-hydrogen) atoms. The Kier molecular flexibility index (Phi) is 6.99. The van der Waals surface area contributed by atoms with Crippen molar-refractivity contribution < 1.29 is 10.2 Å². The molecule has 0 saturated carbocycles. The van der Waals surface area contributed by atoms with Crippen LogP contribution >= 0.6 is 0 Å². The first-order valence-corrected chi connectivity index (χ1v) is 6.59. The van der Waals surface area contributed by atoms with Crippen LogP contribution in [-0.4, -0.2) is 84.6 Å². The van der Waals surface area contributed by atoms with E-state index in [2.05, 4.69) is 15.1 Å². The van der Waals surface area contributed by atoms with Crippen LogP contribution in [0.25, 0.3) is 0 Å². The van der Waals surface area contributed by atoms with Crippen molar-refractivity contribution in [2.45, 2.75) is 26.1 Å². The van der Waals surface area contributed by atoms with Gasteiger partial charge in [-0.2, -0.15) is 0 Å². The number of nitrogens with zero attached hydrogens (tertiary/aromatic N) is 2. The molecule has 0 unspecified atom stereocenters. The number of nitrogens with one attached hydrogen (secondary N) is 1. The molecule has 0 radical (unpaired) electrons. The standard InChI is InChI=1S/C12H27N3O2/c1-11(16)9-14-5-3-13-4-6-15(8-7-14)10-12(2)17/h11-13,16-17H,3-10H2,1-2H3/t11-,12-/m0/s1. The van der Waals surface area contributed by atoms with Crippen molar-refractivity contribution in [2.24, 2.45) is 0 Å². The van der Waals surface area contributed by atoms with Crippen LogP contribution in [0.1, 0.15) is 13.8 Å². The van der Waals surface area contributed by atoms with Crippen molar-refractivity contribution in [1.29, 1.82) is 0 Å². The van der Waals surface area contributed by atoms with E-state index in [0.29, 0.717) is 0 Å². The van der Waals surface area contributed by atoms with Gasteiger partial charge in [0.05, 0.1) is 12.2 Å². The highest BCUT2D eigenvalue weighted by Crippen LogP contribution is 1.98. The molecular formula is C12H27N3O2. The fourth-order valence-electron chi connectivity index (χ4n) is 2.22. The average Bonchev–Trinajstić information content (AvgIpc) is 2.31. The normalized spacial score (nSPS) is 24.7. The van der Waals surface area contributed by atoms with Gasteiger partial charge in [-0.15, -0.1) is 0 Å². The summed E-state index contributed by atoms with van der Waals surface area (Å²) < 4.78 is 0. The Bertz CT molecular complexity index is 180. The summed E-state index contributed by atoms with van der Waals surface area (Å²) in [6.45, 7) is 10.9. The van der Waals surface area contributed by atoms with Crippen molar-refractivity contribution in [3.63, 3.8) is 0 Å². The number of β-amino-alcohol motifs (C(OH)–C–C–N with tert-alkyl or cyclic N) is 2. The fourth-order valence-corrected chi connectivity index (χ4v) is 2.22. The molecule has 2 atom stereocenters. The molecule has 1 fully saturated rings. The Hall–Kier alpha value is -0.200. The van der Waals surface area contributed by atoms with Gasteiger partial charge in [0.1, 0.15) is 0 Å². The maximum atomic E-state index is 9.43. The largest absolute Gasteiger partial charge is 0.392 e. The summed E-state index contributed by atoms with van der Waals surface area (Å²) >= 11 is 0. The van der Waals surface area contributed by atoms with Gasteiger partial charge in [0.2, 0.25) is 0 Å². The van der Waals surface area contributed by atoms with Gasteiger partial charge in [0.25, 0.3) is 0 Å². The molecule has 0 aromatic carbocycles. The zero-order chi connectivity index (χ0) is 12.7. The van der Waals surface area contributed by atoms with E-state index in [1.165, 1.54) is 0 Å². The Morgan fingerprint density at radius 2 is 1.29 bits per heavy atom. The summed E-state index contributed by atoms with van der Waals surface area (Å²) in [5.74, 6) is 0. The molecule has 1 rings (SSSR count). The summed E-state index contributed by atoms with van der Waals surface area (Å²) in [5.41, 5.74) is 0. The third-order valence-corrected chi connectivity index (χ3v) is 2.99. The first-order valence-electron chi connectivity index (χ1n) is 6.59. The second-order valence-corrected chi connectivity index (χ2v) is 5.05. The Morgan fingerprint density at radius 1 is 0.882 bits per heavy atom. The molecule has 1 aliphatic heterocycles. The van der Waals surface area contributed by atoms with Gasteiger partial charge in [0, 0.05) is 52.4 Å². The van der Waals surface area contributed by atoms with Gasteiger partial charge in [-0.1, -0.05) is 0 Å². The average molecular weight is 245 g/mol. The van der Waals surface area contributed by atoms with Gasteiger partial charge >= 0.3 is 0 Å². The van der Waals surface area contributed by atoms with Crippen molar-refractivity contribution in [3.8, 4) is 0 Å². The quantitative estimate of drug-likeness (QED) is 0.590. The summed E-state index contributed by atoms with van der Waals surface area (Å²) in [6, 6.07) is 0. The van der Waals surface area contributed by atoms with Crippen LogP contribution in [0.3, 0.4) is 0 Å². The molecule has 3 N–H and O–H groups in total. The van der Waals surface area contributed by atoms with E-state index < -0.39 is 0 Å². The topological polar surface area (TPSA) is 59.0 Å². The number of aliphatic hydroxyl groups excluding tert-OH is 2. The molecule has 1 saturated heterocycles. The van der Waals surface area contributed by atoms with Crippen LogP contribution in [0.5, 0.6) is 0 Å². The van der Waals surface area contributed by atoms with E-state index in [-0.39, 0.29) is 12.2 Å². The Morgan fingerprint density at radius 3 is 1.65 bits per heavy atom. The van der Waals surface area contributed by atoms with Gasteiger partial charge in [0.15, 0.2) is 0 Å². The van der Waals surface area contributed by atoms with E-state index in [0.717, 1.165) is 52.4 Å². The van der Waals surface area contributed by atoms with Crippen LogP contribution in [0.15, 0.2) is 0 Å². The lowest BCUT2D eigenvalue weighted by Gasteiger charge is -2.27. The first kappa shape index (κ1) is 14.9. The Balaban J connectivity index is 2.40. The molecule has 0 aromatic rings. The predicted octanol–water partition coefficient (Wildman–Crippen LogP) is -1.04. The van der Waals surface area contributed by atoms with Crippen molar-refractivity contribution >= 4 is 0 Å². The smallest absolute Gasteiger partial charge is 0.0639 e. The van der Waals surface area contributed by atoms with Crippen LogP contribution in [0.2, 0.25) is 0 Å². The monoisotopic (exact) mass is 245 g/mol. The molecule has 0 spiro atoms. The lowest BCUT2D eigenvalue weighted by molar-refractivity contribution is 0.102. The fraction of sp³-hybridized carbons (Fsp3) is 1.00. The lowest BCUT2D eigenvalue weighted by atomic mass is 10.3. The second-order valence-electron chi connectivity index (χ2n) is 5.05. The van der Waals surface area contributed by atoms with Gasteiger partial charge in [-0.25, -0.2) is 0 Å². The summed E-state index contributed by atoms with van der Waals surface area (Å²) in [6.07, 6.45) is -0.554. The van der Waals surface area contributed by atoms with Gasteiger partial charge < -0.3 is 15.5 Å². The van der Waals surface area contributed by atoms with Crippen molar-refractivity contribution in [1.82, 2.24) is 15.1 Å². The van der Waals surface area contributed by atoms with E-state index in [4.69, 9.17) is 0 Å². The maximum Gasteiger partial charge on any atom is 0.0639 e. The van der Waals surface area contributed by atoms with Crippen LogP contribution in [0, 0.1) is 0 Å². The zero-order valence-electron chi connectivity index (χ0n) is 11.1. The zero-order valence-corrected chi connectivity index (χ0v) is 11.1. The molecule has 102 valence electrons. The summed E-state index contributed by atoms with van der Waals surface area (Å²) in [4.78, 5) is 4.55. The van der Waals surface area contributed by atoms with Crippen LogP contribution < -0.4 is 5.32 Å². The lowest BCUT2D eigenvalue weighted by Crippen LogP contribution is -2.41. The van der Waals surface area contributed by atoms with Crippen LogP contribution in [0.4, 0.5) is 0 Å². The molecule has 0 amide bonds. The highest BCUT2D eigenvalue weighted by Gasteiger charge is 2.14. The highest BCUT2D eigenvalue weighted by molar-refractivity contribution is 4.71. The minimum Gasteiger partial charge on any atom is -0.392 e. The second kappa shape index (κ2) is 8.00. The number of hydrogen-bond donors (Lipinski definition) is 3. The third-order valence-electron chi connectivity index (χ3n) is 2.99. The van der Waals surface area contributed by atoms with E-state index >= 15 is 0 Å². The minimum atomic E-state index is -0.277. The number of rotatable bonds is 4. The van der Waals surface area contributed by atoms with Crippen LogP contribution in [-0.2, 0) is 0 Å². The van der Waals surface area contributed by atoms with Crippen molar-refractivity contribution in [2.75, 3.05) is 52.4 Å². The summed E-state index contributed by atoms with van der Waals surface area (Å²) in [7, 11) is 0. The molecule has 0 aromatic heterocycles. The summed E-state index contributed by atoms with van der Waals surface area (Å²) in [5, 5.41) is 22.3. The number of hydrogen-bond acceptors (Lipinski definition) is 5. The highest BCUT2D eigenvalue weighted by atomic mass is 16.3. The molecule has 0 aliphatic carbocycles. The van der Waals surface area contributed by atoms with Crippen molar-refractivity contribution in [3.05, 3.63) is 0 Å². The van der Waals surface area contributed by atoms with Gasteiger partial charge in [-0.05, 0) is 13.8 Å². The molecule has 1 heterocycles. The van der Waals surface area contributed by atoms with E-state index in [1.807, 2.05) is 13.8 Å². The predicted molar refractivity (Wildman–Crippen MR) is 69.1 cm³/mol. The molecular weight excluding hydrogens is 218 g/mol. The maximum absolute atomic E-state index is 9.43. The van der Waals surface area contributed by atoms with E-state index in [9.17, 15) is 10.2 Å². The van der Waals surface area contributed by atoms with Gasteiger partial charge in [-0.3, -0.25) is 9.80 Å². The Labute approximate surface area is 104 Å². The third kappa shape index (κ3) is 6.95. The molecule has 0 bridgehead atoms. The molecule has 1 aliphatic rings. The molecule has 5 heteroatoms. The van der Waals surface area contributed by atoms with E-state index in [1.54, 1.807) is 0 Å².